The van der Waals surface area contributed by atoms with Crippen LogP contribution >= 0.6 is 0 Å². The maximum absolute atomic E-state index is 12.9. The van der Waals surface area contributed by atoms with Crippen molar-refractivity contribution in [3.8, 4) is 11.5 Å². The predicted molar refractivity (Wildman–Crippen MR) is 120 cm³/mol. The normalized spacial score (nSPS) is 20.5. The summed E-state index contributed by atoms with van der Waals surface area (Å²) in [7, 11) is -3.53. The third-order valence-electron chi connectivity index (χ3n) is 6.65. The van der Waals surface area contributed by atoms with Crippen LogP contribution in [-0.2, 0) is 14.8 Å². The zero-order valence-corrected chi connectivity index (χ0v) is 19.0. The molecule has 1 spiro atoms. The summed E-state index contributed by atoms with van der Waals surface area (Å²) in [5.74, 6) is 0.543. The van der Waals surface area contributed by atoms with Crippen molar-refractivity contribution >= 4 is 21.6 Å². The zero-order valence-electron chi connectivity index (χ0n) is 18.2. The smallest absolute Gasteiger partial charge is 0.251 e. The Morgan fingerprint density at radius 3 is 2.34 bits per heavy atom. The summed E-state index contributed by atoms with van der Waals surface area (Å²) < 4.78 is 39.3. The number of amides is 1. The van der Waals surface area contributed by atoms with Gasteiger partial charge in [-0.2, -0.15) is 4.31 Å². The molecule has 2 fully saturated rings. The second-order valence-corrected chi connectivity index (χ2v) is 10.9. The molecule has 0 aromatic heterocycles. The van der Waals surface area contributed by atoms with Gasteiger partial charge in [-0.25, -0.2) is 8.42 Å². The highest BCUT2D eigenvalue weighted by Crippen LogP contribution is 2.47. The van der Waals surface area contributed by atoms with Gasteiger partial charge in [0.15, 0.2) is 11.5 Å². The molecule has 1 aliphatic carbocycles. The number of carbonyl (C=O) groups excluding carboxylic acids is 1. The van der Waals surface area contributed by atoms with Gasteiger partial charge in [-0.05, 0) is 56.9 Å². The molecular weight excluding hydrogens is 428 g/mol. The molecule has 3 aliphatic rings. The number of ether oxygens (including phenoxy) is 2. The number of rotatable bonds is 4. The highest BCUT2D eigenvalue weighted by atomic mass is 32.2. The number of hydrogen-bond donors (Lipinski definition) is 1. The molecule has 0 atom stereocenters. The van der Waals surface area contributed by atoms with E-state index in [1.54, 1.807) is 24.3 Å². The van der Waals surface area contributed by atoms with Crippen LogP contribution in [0.15, 0.2) is 47.4 Å². The number of aryl methyl sites for hydroxylation is 1. The van der Waals surface area contributed by atoms with E-state index < -0.39 is 15.8 Å². The van der Waals surface area contributed by atoms with Gasteiger partial charge in [0.25, 0.3) is 5.79 Å². The van der Waals surface area contributed by atoms with E-state index in [4.69, 9.17) is 9.47 Å². The number of benzene rings is 2. The van der Waals surface area contributed by atoms with Crippen molar-refractivity contribution in [1.29, 1.82) is 0 Å². The first-order valence-corrected chi connectivity index (χ1v) is 12.7. The standard InChI is InChI=1S/C24H28N2O5S/c1-17-4-7-20(8-5-17)32(28,29)26-14-10-18(11-15-26)23(27)25-19-6-9-21-22(16-19)31-24(30-21)12-2-3-13-24/h4-9,16,18H,2-3,10-15H2,1H3,(H,25,27). The van der Waals surface area contributed by atoms with Crippen LogP contribution in [0.3, 0.4) is 0 Å². The number of anilines is 1. The van der Waals surface area contributed by atoms with Crippen LogP contribution in [-0.4, -0.2) is 37.5 Å². The maximum atomic E-state index is 12.9. The Hall–Kier alpha value is -2.58. The molecule has 1 amide bonds. The van der Waals surface area contributed by atoms with E-state index in [0.717, 1.165) is 37.0 Å². The fourth-order valence-corrected chi connectivity index (χ4v) is 6.22. The molecule has 7 nitrogen and oxygen atoms in total. The summed E-state index contributed by atoms with van der Waals surface area (Å²) in [5, 5.41) is 2.97. The maximum Gasteiger partial charge on any atom is 0.251 e. The predicted octanol–water partition coefficient (Wildman–Crippen LogP) is 4.08. The van der Waals surface area contributed by atoms with Crippen LogP contribution in [0.25, 0.3) is 0 Å². The van der Waals surface area contributed by atoms with Crippen LogP contribution in [0.2, 0.25) is 0 Å². The lowest BCUT2D eigenvalue weighted by atomic mass is 9.97. The lowest BCUT2D eigenvalue weighted by molar-refractivity contribution is -0.120. The summed E-state index contributed by atoms with van der Waals surface area (Å²) in [6.07, 6.45) is 4.93. The Bertz CT molecular complexity index is 1120. The number of piperidine rings is 1. The molecule has 0 radical (unpaired) electrons. The van der Waals surface area contributed by atoms with E-state index in [1.165, 1.54) is 4.31 Å². The molecule has 1 saturated heterocycles. The van der Waals surface area contributed by atoms with Crippen LogP contribution in [0, 0.1) is 12.8 Å². The van der Waals surface area contributed by atoms with E-state index in [9.17, 15) is 13.2 Å². The zero-order chi connectivity index (χ0) is 22.3. The van der Waals surface area contributed by atoms with Gasteiger partial charge >= 0.3 is 0 Å². The minimum absolute atomic E-state index is 0.0909. The Balaban J connectivity index is 1.19. The van der Waals surface area contributed by atoms with Gasteiger partial charge in [0.1, 0.15) is 0 Å². The molecule has 2 heterocycles. The van der Waals surface area contributed by atoms with E-state index >= 15 is 0 Å². The van der Waals surface area contributed by atoms with Crippen LogP contribution in [0.5, 0.6) is 11.5 Å². The van der Waals surface area contributed by atoms with E-state index in [0.29, 0.717) is 42.3 Å². The number of sulfonamides is 1. The number of carbonyl (C=O) groups is 1. The topological polar surface area (TPSA) is 84.9 Å². The summed E-state index contributed by atoms with van der Waals surface area (Å²) in [5.41, 5.74) is 1.68. The van der Waals surface area contributed by atoms with Gasteiger partial charge in [0.2, 0.25) is 15.9 Å². The first-order chi connectivity index (χ1) is 15.3. The van der Waals surface area contributed by atoms with Crippen molar-refractivity contribution in [3.63, 3.8) is 0 Å². The molecule has 2 aromatic rings. The van der Waals surface area contributed by atoms with Gasteiger partial charge < -0.3 is 14.8 Å². The number of nitrogens with one attached hydrogen (secondary N) is 1. The molecule has 5 rings (SSSR count). The molecule has 1 saturated carbocycles. The molecule has 0 unspecified atom stereocenters. The molecule has 1 N–H and O–H groups in total. The monoisotopic (exact) mass is 456 g/mol. The summed E-state index contributed by atoms with van der Waals surface area (Å²) in [4.78, 5) is 13.1. The first kappa shape index (κ1) is 21.3. The van der Waals surface area contributed by atoms with E-state index in [-0.39, 0.29) is 11.8 Å². The minimum atomic E-state index is -3.53. The number of fused-ring (bicyclic) bond motifs is 1. The highest BCUT2D eigenvalue weighted by Gasteiger charge is 2.44. The van der Waals surface area contributed by atoms with Crippen molar-refractivity contribution in [2.24, 2.45) is 5.92 Å². The average Bonchev–Trinajstić information content (AvgIpc) is 3.39. The Kier molecular flexibility index (Phi) is 5.37. The molecule has 2 aromatic carbocycles. The fourth-order valence-electron chi connectivity index (χ4n) is 4.75. The van der Waals surface area contributed by atoms with Crippen molar-refractivity contribution in [1.82, 2.24) is 4.31 Å². The van der Waals surface area contributed by atoms with Gasteiger partial charge in [0, 0.05) is 43.6 Å². The SMILES string of the molecule is Cc1ccc(S(=O)(=O)N2CCC(C(=O)Nc3ccc4c(c3)OC3(CCCC3)O4)CC2)cc1. The summed E-state index contributed by atoms with van der Waals surface area (Å²) >= 11 is 0. The van der Waals surface area contributed by atoms with Gasteiger partial charge in [0.05, 0.1) is 4.90 Å². The Morgan fingerprint density at radius 2 is 1.66 bits per heavy atom. The number of hydrogen-bond acceptors (Lipinski definition) is 5. The third kappa shape index (κ3) is 3.97. The van der Waals surface area contributed by atoms with E-state index in [1.807, 2.05) is 25.1 Å². The third-order valence-corrected chi connectivity index (χ3v) is 8.56. The average molecular weight is 457 g/mol. The Morgan fingerprint density at radius 1 is 1.00 bits per heavy atom. The molecular formula is C24H28N2O5S. The summed E-state index contributed by atoms with van der Waals surface area (Å²) in [6.45, 7) is 2.59. The lowest BCUT2D eigenvalue weighted by Gasteiger charge is -2.30. The molecule has 2 aliphatic heterocycles. The second-order valence-electron chi connectivity index (χ2n) is 8.96. The molecule has 8 heteroatoms. The van der Waals surface area contributed by atoms with Gasteiger partial charge in [-0.1, -0.05) is 17.7 Å². The molecule has 32 heavy (non-hydrogen) atoms. The lowest BCUT2D eigenvalue weighted by Crippen LogP contribution is -2.41. The number of nitrogens with zero attached hydrogens (tertiary/aromatic N) is 1. The fraction of sp³-hybridized carbons (Fsp3) is 0.458. The quantitative estimate of drug-likeness (QED) is 0.750. The van der Waals surface area contributed by atoms with Crippen molar-refractivity contribution < 1.29 is 22.7 Å². The first-order valence-electron chi connectivity index (χ1n) is 11.2. The molecule has 170 valence electrons. The van der Waals surface area contributed by atoms with Gasteiger partial charge in [-0.3, -0.25) is 4.79 Å². The summed E-state index contributed by atoms with van der Waals surface area (Å²) in [6, 6.07) is 12.4. The Labute approximate surface area is 188 Å². The highest BCUT2D eigenvalue weighted by molar-refractivity contribution is 7.89. The molecule has 0 bridgehead atoms. The second kappa shape index (κ2) is 8.08. The van der Waals surface area contributed by atoms with Crippen LogP contribution in [0.4, 0.5) is 5.69 Å². The van der Waals surface area contributed by atoms with Crippen LogP contribution in [0.1, 0.15) is 44.1 Å². The largest absolute Gasteiger partial charge is 0.448 e. The minimum Gasteiger partial charge on any atom is -0.448 e. The van der Waals surface area contributed by atoms with Gasteiger partial charge in [-0.15, -0.1) is 0 Å². The van der Waals surface area contributed by atoms with Crippen LogP contribution < -0.4 is 14.8 Å². The van der Waals surface area contributed by atoms with E-state index in [2.05, 4.69) is 5.32 Å². The van der Waals surface area contributed by atoms with Crippen molar-refractivity contribution in [2.45, 2.75) is 56.1 Å². The van der Waals surface area contributed by atoms with Crippen molar-refractivity contribution in [3.05, 3.63) is 48.0 Å². The van der Waals surface area contributed by atoms with Crippen molar-refractivity contribution in [2.75, 3.05) is 18.4 Å².